The molecule has 1 fully saturated rings. The highest BCUT2D eigenvalue weighted by molar-refractivity contribution is 5.76. The lowest BCUT2D eigenvalue weighted by atomic mass is 9.99. The fourth-order valence-electron chi connectivity index (χ4n) is 12.4. The Morgan fingerprint density at radius 3 is 1.02 bits per heavy atom. The van der Waals surface area contributed by atoms with Crippen LogP contribution in [0.25, 0.3) is 0 Å². The van der Waals surface area contributed by atoms with Crippen LogP contribution < -0.4 is 5.32 Å². The summed E-state index contributed by atoms with van der Waals surface area (Å²) in [6, 6.07) is -0.717. The summed E-state index contributed by atoms with van der Waals surface area (Å²) in [4.78, 5) is 13.2. The minimum absolute atomic E-state index is 0.132. The van der Waals surface area contributed by atoms with Gasteiger partial charge in [-0.2, -0.15) is 0 Å². The summed E-state index contributed by atoms with van der Waals surface area (Å²) >= 11 is 0. The van der Waals surface area contributed by atoms with Gasteiger partial charge >= 0.3 is 0 Å². The van der Waals surface area contributed by atoms with Crippen LogP contribution in [0.4, 0.5) is 0 Å². The molecule has 6 N–H and O–H groups in total. The molecule has 1 saturated heterocycles. The van der Waals surface area contributed by atoms with Crippen molar-refractivity contribution in [2.45, 2.75) is 436 Å². The number of amides is 1. The van der Waals surface area contributed by atoms with E-state index in [1.807, 2.05) is 0 Å². The molecule has 1 heterocycles. The number of rotatable bonds is 67. The molecule has 0 aromatic carbocycles. The van der Waals surface area contributed by atoms with Crippen molar-refractivity contribution in [1.82, 2.24) is 5.32 Å². The highest BCUT2D eigenvalue weighted by Gasteiger charge is 2.44. The number of unbranched alkanes of at least 4 members (excludes halogenated alkanes) is 53. The number of ether oxygens (including phenoxy) is 2. The summed E-state index contributed by atoms with van der Waals surface area (Å²) < 4.78 is 11.4. The minimum atomic E-state index is -1.55. The molecule has 0 spiro atoms. The maximum Gasteiger partial charge on any atom is 0.220 e. The van der Waals surface area contributed by atoms with Crippen LogP contribution in [0, 0.1) is 0 Å². The number of carbonyl (C=O) groups excluding carboxylic acids is 1. The maximum absolute atomic E-state index is 13.2. The first kappa shape index (κ1) is 80.7. The zero-order chi connectivity index (χ0) is 60.7. The third-order valence-corrected chi connectivity index (χ3v) is 18.3. The van der Waals surface area contributed by atoms with E-state index in [1.165, 1.54) is 321 Å². The molecule has 0 aromatic rings. The van der Waals surface area contributed by atoms with E-state index in [1.54, 1.807) is 0 Å². The molecule has 7 atom stereocenters. The second kappa shape index (κ2) is 64.6. The molecule has 1 aliphatic heterocycles. The van der Waals surface area contributed by atoms with Crippen LogP contribution in [0.1, 0.15) is 393 Å². The van der Waals surface area contributed by atoms with Crippen LogP contribution >= 0.6 is 0 Å². The van der Waals surface area contributed by atoms with Crippen molar-refractivity contribution in [3.05, 3.63) is 24.3 Å². The predicted octanol–water partition coefficient (Wildman–Crippen LogP) is 20.8. The Morgan fingerprint density at radius 1 is 0.405 bits per heavy atom. The van der Waals surface area contributed by atoms with Crippen LogP contribution in [0.2, 0.25) is 0 Å². The Hall–Kier alpha value is -1.33. The van der Waals surface area contributed by atoms with Gasteiger partial charge in [-0.05, 0) is 44.9 Å². The molecule has 9 heteroatoms. The Kier molecular flexibility index (Phi) is 62.1. The number of nitrogens with one attached hydrogen (secondary N) is 1. The summed E-state index contributed by atoms with van der Waals surface area (Å²) in [7, 11) is 0. The summed E-state index contributed by atoms with van der Waals surface area (Å²) in [6.07, 6.45) is 78.5. The molecule has 0 aromatic heterocycles. The van der Waals surface area contributed by atoms with E-state index in [-0.39, 0.29) is 12.5 Å². The zero-order valence-corrected chi connectivity index (χ0v) is 55.9. The summed E-state index contributed by atoms with van der Waals surface area (Å²) in [5, 5.41) is 55.0. The first-order valence-corrected chi connectivity index (χ1v) is 37.5. The predicted molar refractivity (Wildman–Crippen MR) is 360 cm³/mol. The third-order valence-electron chi connectivity index (χ3n) is 18.3. The van der Waals surface area contributed by atoms with Crippen molar-refractivity contribution < 1.29 is 39.8 Å². The average molecular weight is 1190 g/mol. The van der Waals surface area contributed by atoms with Gasteiger partial charge in [0.1, 0.15) is 24.4 Å². The topological polar surface area (TPSA) is 149 Å². The van der Waals surface area contributed by atoms with E-state index >= 15 is 0 Å². The monoisotopic (exact) mass is 1190 g/mol. The first-order chi connectivity index (χ1) is 41.3. The number of hydrogen-bond acceptors (Lipinski definition) is 8. The first-order valence-electron chi connectivity index (χ1n) is 37.5. The Morgan fingerprint density at radius 2 is 0.702 bits per heavy atom. The number of carbonyl (C=O) groups is 1. The van der Waals surface area contributed by atoms with Crippen molar-refractivity contribution in [3.63, 3.8) is 0 Å². The smallest absolute Gasteiger partial charge is 0.220 e. The van der Waals surface area contributed by atoms with Gasteiger partial charge in [0, 0.05) is 6.42 Å². The SMILES string of the molecule is CCCCCCC/C=C\C/C=C\CCCCCCCCCCCCCCCCCCCCCCCCCCCCCC(=O)NC(COC1OC(CO)C(O)C(O)C1O)C(O)CCCCCCCCCCCCCCCCCCCCCCCC. The molecular formula is C75H145NO8. The second-order valence-corrected chi connectivity index (χ2v) is 26.5. The fraction of sp³-hybridized carbons (Fsp3) is 0.933. The van der Waals surface area contributed by atoms with Gasteiger partial charge in [-0.1, -0.05) is 366 Å². The summed E-state index contributed by atoms with van der Waals surface area (Å²) in [5.41, 5.74) is 0. The molecule has 0 saturated carbocycles. The summed E-state index contributed by atoms with van der Waals surface area (Å²) in [5.74, 6) is -0.134. The van der Waals surface area contributed by atoms with Gasteiger partial charge in [0.25, 0.3) is 0 Å². The molecule has 84 heavy (non-hydrogen) atoms. The van der Waals surface area contributed by atoms with E-state index in [4.69, 9.17) is 9.47 Å². The van der Waals surface area contributed by atoms with Crippen LogP contribution in [0.5, 0.6) is 0 Å². The standard InChI is InChI=1S/C75H145NO8/c1-3-5-7-9-11-13-15-17-19-21-23-25-27-28-29-30-31-32-33-34-35-36-37-38-39-40-41-42-43-45-47-49-51-53-55-57-59-61-63-65-71(79)76-68(67-83-75-74(82)73(81)72(80)70(66-77)84-75)69(78)64-62-60-58-56-54-52-50-48-46-44-26-24-22-20-18-16-14-12-10-8-6-4-2/h15,17,21,23,68-70,72-75,77-78,80-82H,3-14,16,18-20,22,24-67H2,1-2H3,(H,76,79)/b17-15-,23-21-. The van der Waals surface area contributed by atoms with Crippen molar-refractivity contribution in [2.75, 3.05) is 13.2 Å². The Bertz CT molecular complexity index is 1380. The number of hydrogen-bond donors (Lipinski definition) is 6. The lowest BCUT2D eigenvalue weighted by molar-refractivity contribution is -0.302. The van der Waals surface area contributed by atoms with Crippen LogP contribution in [0.15, 0.2) is 24.3 Å². The largest absolute Gasteiger partial charge is 0.394 e. The van der Waals surface area contributed by atoms with Gasteiger partial charge in [-0.25, -0.2) is 0 Å². The number of aliphatic hydroxyl groups is 5. The third kappa shape index (κ3) is 52.6. The second-order valence-electron chi connectivity index (χ2n) is 26.5. The van der Waals surface area contributed by atoms with Gasteiger partial charge in [0.2, 0.25) is 5.91 Å². The van der Waals surface area contributed by atoms with E-state index in [0.717, 1.165) is 44.9 Å². The van der Waals surface area contributed by atoms with Gasteiger partial charge in [-0.15, -0.1) is 0 Å². The van der Waals surface area contributed by atoms with Gasteiger partial charge < -0.3 is 40.3 Å². The minimum Gasteiger partial charge on any atom is -0.394 e. The number of aliphatic hydroxyl groups excluding tert-OH is 5. The Labute approximate surface area is 521 Å². The van der Waals surface area contributed by atoms with Gasteiger partial charge in [-0.3, -0.25) is 4.79 Å². The fourth-order valence-corrected chi connectivity index (χ4v) is 12.4. The lowest BCUT2D eigenvalue weighted by Gasteiger charge is -2.40. The van der Waals surface area contributed by atoms with Crippen LogP contribution in [-0.4, -0.2) is 87.5 Å². The van der Waals surface area contributed by atoms with E-state index in [2.05, 4.69) is 43.5 Å². The Balaban J connectivity index is 2.03. The highest BCUT2D eigenvalue weighted by atomic mass is 16.7. The van der Waals surface area contributed by atoms with Crippen molar-refractivity contribution >= 4 is 5.91 Å². The normalized spacial score (nSPS) is 18.2. The van der Waals surface area contributed by atoms with Crippen LogP contribution in [0.3, 0.4) is 0 Å². The van der Waals surface area contributed by atoms with E-state index in [0.29, 0.717) is 12.8 Å². The average Bonchev–Trinajstić information content (AvgIpc) is 3.70. The van der Waals surface area contributed by atoms with Crippen LogP contribution in [-0.2, 0) is 14.3 Å². The molecule has 0 bridgehead atoms. The van der Waals surface area contributed by atoms with E-state index in [9.17, 15) is 30.3 Å². The number of allylic oxidation sites excluding steroid dienone is 4. The molecule has 1 rings (SSSR count). The highest BCUT2D eigenvalue weighted by Crippen LogP contribution is 2.24. The van der Waals surface area contributed by atoms with Gasteiger partial charge in [0.05, 0.1) is 25.4 Å². The molecule has 7 unspecified atom stereocenters. The molecule has 1 aliphatic rings. The molecule has 9 nitrogen and oxygen atoms in total. The molecule has 0 radical (unpaired) electrons. The quantitative estimate of drug-likeness (QED) is 0.0261. The van der Waals surface area contributed by atoms with Crippen molar-refractivity contribution in [1.29, 1.82) is 0 Å². The molecular weight excluding hydrogens is 1040 g/mol. The lowest BCUT2D eigenvalue weighted by Crippen LogP contribution is -2.60. The van der Waals surface area contributed by atoms with Gasteiger partial charge in [0.15, 0.2) is 6.29 Å². The molecule has 0 aliphatic carbocycles. The van der Waals surface area contributed by atoms with Crippen molar-refractivity contribution in [2.24, 2.45) is 0 Å². The molecule has 1 amide bonds. The van der Waals surface area contributed by atoms with Crippen molar-refractivity contribution in [3.8, 4) is 0 Å². The molecule has 498 valence electrons. The maximum atomic E-state index is 13.2. The summed E-state index contributed by atoms with van der Waals surface area (Å²) in [6.45, 7) is 3.89. The zero-order valence-electron chi connectivity index (χ0n) is 55.9. The van der Waals surface area contributed by atoms with E-state index < -0.39 is 49.5 Å².